The van der Waals surface area contributed by atoms with Crippen molar-refractivity contribution in [3.63, 3.8) is 0 Å². The minimum absolute atomic E-state index is 0.101. The lowest BCUT2D eigenvalue weighted by molar-refractivity contribution is -0.385. The van der Waals surface area contributed by atoms with Crippen molar-refractivity contribution in [2.75, 3.05) is 6.61 Å². The van der Waals surface area contributed by atoms with Crippen molar-refractivity contribution < 1.29 is 19.2 Å². The molecule has 0 radical (unpaired) electrons. The number of esters is 1. The molecule has 1 aromatic carbocycles. The van der Waals surface area contributed by atoms with Gasteiger partial charge in [0.25, 0.3) is 5.69 Å². The van der Waals surface area contributed by atoms with Gasteiger partial charge in [0.15, 0.2) is 5.78 Å². The number of rotatable bonds is 7. The molecule has 0 amide bonds. The molecule has 3 rings (SSSR count). The molecular weight excluding hydrogens is 396 g/mol. The number of nitro benzene ring substituents is 1. The Morgan fingerprint density at radius 1 is 1.26 bits per heavy atom. The highest BCUT2D eigenvalue weighted by Gasteiger charge is 2.47. The number of carbonyl (C=O) groups is 2. The largest absolute Gasteiger partial charge is 0.465 e. The van der Waals surface area contributed by atoms with Crippen LogP contribution in [-0.4, -0.2) is 29.0 Å². The van der Waals surface area contributed by atoms with E-state index in [0.29, 0.717) is 35.4 Å². The highest BCUT2D eigenvalue weighted by molar-refractivity contribution is 6.09. The number of para-hydroxylation sites is 1. The second kappa shape index (κ2) is 9.12. The number of hydrogen-bond acceptors (Lipinski definition) is 6. The van der Waals surface area contributed by atoms with Crippen LogP contribution in [0.5, 0.6) is 0 Å². The summed E-state index contributed by atoms with van der Waals surface area (Å²) in [6.07, 6.45) is 3.60. The van der Waals surface area contributed by atoms with E-state index in [1.807, 2.05) is 13.8 Å². The number of ketones is 1. The number of aliphatic imine (C=N–C) groups is 1. The Bertz CT molecular complexity index is 960. The lowest BCUT2D eigenvalue weighted by Gasteiger charge is -2.38. The van der Waals surface area contributed by atoms with E-state index in [9.17, 15) is 19.7 Å². The third-order valence-corrected chi connectivity index (χ3v) is 6.02. The number of ether oxygens (including phenoxy) is 1. The van der Waals surface area contributed by atoms with Crippen LogP contribution in [-0.2, 0) is 14.3 Å². The van der Waals surface area contributed by atoms with Crippen LogP contribution in [0.4, 0.5) is 5.69 Å². The first-order valence-electron chi connectivity index (χ1n) is 10.9. The zero-order valence-electron chi connectivity index (χ0n) is 18.6. The van der Waals surface area contributed by atoms with E-state index < -0.39 is 22.7 Å². The standard InChI is InChI=1S/C24H30N2O5/c1-5-6-9-12-31-23(28)20-15(2)25-17-13-24(3,4)14-19(27)22(17)21(20)16-10-7-8-11-18(16)26(29)30/h7-8,10-11,20-21H,5-6,9,12-14H2,1-4H3/t20?,21-/m1/s1. The third-order valence-electron chi connectivity index (χ3n) is 6.02. The fourth-order valence-electron chi connectivity index (χ4n) is 4.62. The Balaban J connectivity index is 2.11. The van der Waals surface area contributed by atoms with E-state index in [2.05, 4.69) is 11.9 Å². The summed E-state index contributed by atoms with van der Waals surface area (Å²) >= 11 is 0. The summed E-state index contributed by atoms with van der Waals surface area (Å²) in [6.45, 7) is 8.11. The molecule has 1 aromatic rings. The van der Waals surface area contributed by atoms with E-state index >= 15 is 0 Å². The van der Waals surface area contributed by atoms with Crippen LogP contribution in [0.15, 0.2) is 40.5 Å². The Labute approximate surface area is 182 Å². The summed E-state index contributed by atoms with van der Waals surface area (Å²) in [5.74, 6) is -2.21. The molecule has 7 heteroatoms. The van der Waals surface area contributed by atoms with Crippen LogP contribution >= 0.6 is 0 Å². The predicted octanol–water partition coefficient (Wildman–Crippen LogP) is 5.15. The van der Waals surface area contributed by atoms with Gasteiger partial charge in [-0.05, 0) is 25.2 Å². The van der Waals surface area contributed by atoms with Crippen LogP contribution in [0.3, 0.4) is 0 Å². The number of allylic oxidation sites excluding steroid dienone is 2. The lowest BCUT2D eigenvalue weighted by Crippen LogP contribution is -2.39. The van der Waals surface area contributed by atoms with Gasteiger partial charge in [0, 0.05) is 41.0 Å². The molecule has 0 spiro atoms. The molecule has 166 valence electrons. The highest BCUT2D eigenvalue weighted by atomic mass is 16.6. The number of carbonyl (C=O) groups excluding carboxylic acids is 2. The predicted molar refractivity (Wildman–Crippen MR) is 118 cm³/mol. The third kappa shape index (κ3) is 4.75. The monoisotopic (exact) mass is 426 g/mol. The summed E-state index contributed by atoms with van der Waals surface area (Å²) in [5, 5.41) is 11.8. The molecule has 0 saturated carbocycles. The normalized spacial score (nSPS) is 22.6. The maximum absolute atomic E-state index is 13.2. The lowest BCUT2D eigenvalue weighted by atomic mass is 9.66. The van der Waals surface area contributed by atoms with Gasteiger partial charge < -0.3 is 4.74 Å². The van der Waals surface area contributed by atoms with Crippen LogP contribution in [0.25, 0.3) is 0 Å². The van der Waals surface area contributed by atoms with Crippen LogP contribution in [0, 0.1) is 21.4 Å². The molecule has 0 aromatic heterocycles. The zero-order chi connectivity index (χ0) is 22.8. The quantitative estimate of drug-likeness (QED) is 0.260. The molecule has 2 atom stereocenters. The average Bonchev–Trinajstić information content (AvgIpc) is 2.69. The number of benzene rings is 1. The maximum Gasteiger partial charge on any atom is 0.315 e. The van der Waals surface area contributed by atoms with Crippen LogP contribution < -0.4 is 0 Å². The molecule has 0 fully saturated rings. The van der Waals surface area contributed by atoms with Crippen molar-refractivity contribution >= 4 is 23.2 Å². The van der Waals surface area contributed by atoms with Gasteiger partial charge in [-0.25, -0.2) is 0 Å². The Hall–Kier alpha value is -2.83. The summed E-state index contributed by atoms with van der Waals surface area (Å²) in [6, 6.07) is 6.34. The first kappa shape index (κ1) is 22.8. The van der Waals surface area contributed by atoms with Crippen molar-refractivity contribution in [3.05, 3.63) is 51.2 Å². The SMILES string of the molecule is CCCCCOC(=O)C1C(C)=NC2=C(C(=O)CC(C)(C)C2)[C@@H]1c1ccccc1[N+](=O)[O-]. The van der Waals surface area contributed by atoms with Crippen molar-refractivity contribution in [2.45, 2.75) is 65.7 Å². The fourth-order valence-corrected chi connectivity index (χ4v) is 4.62. The van der Waals surface area contributed by atoms with Gasteiger partial charge in [-0.2, -0.15) is 0 Å². The molecule has 0 saturated heterocycles. The number of nitro groups is 1. The van der Waals surface area contributed by atoms with E-state index in [1.165, 1.54) is 6.07 Å². The molecule has 1 aliphatic carbocycles. The van der Waals surface area contributed by atoms with Crippen molar-refractivity contribution in [2.24, 2.45) is 16.3 Å². The second-order valence-electron chi connectivity index (χ2n) is 9.20. The van der Waals surface area contributed by atoms with Crippen LogP contribution in [0.1, 0.15) is 71.3 Å². The molecule has 1 aliphatic heterocycles. The fraction of sp³-hybridized carbons (Fsp3) is 0.542. The van der Waals surface area contributed by atoms with Gasteiger partial charge in [0.1, 0.15) is 5.92 Å². The first-order chi connectivity index (χ1) is 14.7. The molecule has 2 aliphatic rings. The summed E-state index contributed by atoms with van der Waals surface area (Å²) < 4.78 is 5.54. The minimum Gasteiger partial charge on any atom is -0.465 e. The first-order valence-corrected chi connectivity index (χ1v) is 10.9. The Morgan fingerprint density at radius 3 is 2.65 bits per heavy atom. The molecule has 0 bridgehead atoms. The van der Waals surface area contributed by atoms with Gasteiger partial charge in [-0.1, -0.05) is 51.8 Å². The number of nitrogens with zero attached hydrogens (tertiary/aromatic N) is 2. The van der Waals surface area contributed by atoms with E-state index in [1.54, 1.807) is 25.1 Å². The van der Waals surface area contributed by atoms with Gasteiger partial charge in [0.05, 0.1) is 11.5 Å². The van der Waals surface area contributed by atoms with Crippen molar-refractivity contribution in [1.82, 2.24) is 0 Å². The Morgan fingerprint density at radius 2 is 1.97 bits per heavy atom. The second-order valence-corrected chi connectivity index (χ2v) is 9.20. The summed E-state index contributed by atoms with van der Waals surface area (Å²) in [4.78, 5) is 42.3. The molecule has 1 unspecified atom stereocenters. The maximum atomic E-state index is 13.2. The van der Waals surface area contributed by atoms with Crippen LogP contribution in [0.2, 0.25) is 0 Å². The van der Waals surface area contributed by atoms with Gasteiger partial charge in [0.2, 0.25) is 0 Å². The molecule has 31 heavy (non-hydrogen) atoms. The number of unbranched alkanes of at least 4 members (excludes halogenated alkanes) is 2. The van der Waals surface area contributed by atoms with Crippen molar-refractivity contribution in [1.29, 1.82) is 0 Å². The van der Waals surface area contributed by atoms with E-state index in [4.69, 9.17) is 4.74 Å². The highest BCUT2D eigenvalue weighted by Crippen LogP contribution is 2.49. The van der Waals surface area contributed by atoms with Gasteiger partial charge >= 0.3 is 5.97 Å². The Kier molecular flexibility index (Phi) is 6.72. The van der Waals surface area contributed by atoms with E-state index in [0.717, 1.165) is 19.3 Å². The average molecular weight is 427 g/mol. The van der Waals surface area contributed by atoms with E-state index in [-0.39, 0.29) is 23.5 Å². The minimum atomic E-state index is -0.855. The van der Waals surface area contributed by atoms with Crippen molar-refractivity contribution in [3.8, 4) is 0 Å². The summed E-state index contributed by atoms with van der Waals surface area (Å²) in [5.41, 5.74) is 1.60. The van der Waals surface area contributed by atoms with Gasteiger partial charge in [-0.3, -0.25) is 24.7 Å². The molecule has 0 N–H and O–H groups in total. The smallest absolute Gasteiger partial charge is 0.315 e. The molecular formula is C24H30N2O5. The topological polar surface area (TPSA) is 98.9 Å². The number of Topliss-reactive ketones (excluding diaryl/α,β-unsaturated/α-hetero) is 1. The summed E-state index contributed by atoms with van der Waals surface area (Å²) in [7, 11) is 0. The number of hydrogen-bond donors (Lipinski definition) is 0. The molecule has 7 nitrogen and oxygen atoms in total. The van der Waals surface area contributed by atoms with Gasteiger partial charge in [-0.15, -0.1) is 0 Å². The molecule has 1 heterocycles. The zero-order valence-corrected chi connectivity index (χ0v) is 18.6.